The molecule has 0 aliphatic heterocycles. The molecule has 0 radical (unpaired) electrons. The average molecular weight is 396 g/mol. The van der Waals surface area contributed by atoms with E-state index in [-0.39, 0.29) is 17.6 Å². The number of rotatable bonds is 8. The number of nitrogens with zero attached hydrogens (tertiary/aromatic N) is 2. The maximum atomic E-state index is 12.5. The second-order valence-corrected chi connectivity index (χ2v) is 7.71. The Morgan fingerprint density at radius 1 is 1.31 bits per heavy atom. The lowest BCUT2D eigenvalue weighted by Crippen LogP contribution is -2.32. The van der Waals surface area contributed by atoms with Crippen LogP contribution in [0.25, 0.3) is 0 Å². The van der Waals surface area contributed by atoms with Gasteiger partial charge >= 0.3 is 5.97 Å². The Morgan fingerprint density at radius 3 is 2.77 bits per heavy atom. The highest BCUT2D eigenvalue weighted by Gasteiger charge is 2.21. The molecule has 1 atom stereocenters. The van der Waals surface area contributed by atoms with Gasteiger partial charge in [-0.15, -0.1) is 10.2 Å². The van der Waals surface area contributed by atoms with E-state index in [4.69, 9.17) is 4.74 Å². The number of thioether (sulfide) groups is 1. The molecule has 0 saturated carbocycles. The highest BCUT2D eigenvalue weighted by Crippen LogP contribution is 2.26. The second-order valence-electron chi connectivity index (χ2n) is 5.51. The molecule has 1 N–H and O–H groups in total. The molecular weight excluding hydrogens is 374 g/mol. The smallest absolute Gasteiger partial charge is 0.316 e. The van der Waals surface area contributed by atoms with E-state index in [9.17, 15) is 9.59 Å². The summed E-state index contributed by atoms with van der Waals surface area (Å²) in [4.78, 5) is 23.6. The molecule has 140 valence electrons. The number of methoxy groups -OCH3 is 1. The van der Waals surface area contributed by atoms with Crippen molar-refractivity contribution >= 4 is 40.1 Å². The number of amides is 1. The number of carbonyl (C=O) groups is 2. The van der Waals surface area contributed by atoms with Crippen LogP contribution in [0, 0.1) is 13.8 Å². The van der Waals surface area contributed by atoms with Gasteiger partial charge in [0.15, 0.2) is 10.4 Å². The molecule has 0 fully saturated rings. The van der Waals surface area contributed by atoms with E-state index >= 15 is 0 Å². The van der Waals surface area contributed by atoms with Gasteiger partial charge in [-0.3, -0.25) is 14.9 Å². The molecule has 0 aliphatic carbocycles. The van der Waals surface area contributed by atoms with E-state index in [2.05, 4.69) is 20.3 Å². The van der Waals surface area contributed by atoms with Crippen molar-refractivity contribution < 1.29 is 19.1 Å². The topological polar surface area (TPSA) is 90.4 Å². The van der Waals surface area contributed by atoms with Gasteiger partial charge < -0.3 is 9.47 Å². The minimum atomic E-state index is -0.634. The first kappa shape index (κ1) is 20.2. The van der Waals surface area contributed by atoms with Gasteiger partial charge in [-0.25, -0.2) is 0 Å². The number of benzene rings is 1. The highest BCUT2D eigenvalue weighted by molar-refractivity contribution is 8.01. The van der Waals surface area contributed by atoms with Crippen LogP contribution in [0.3, 0.4) is 0 Å². The monoisotopic (exact) mass is 395 g/mol. The number of nitrogens with one attached hydrogen (secondary N) is 1. The Kier molecular flexibility index (Phi) is 7.40. The van der Waals surface area contributed by atoms with Gasteiger partial charge in [-0.05, 0) is 37.5 Å². The van der Waals surface area contributed by atoms with Crippen LogP contribution in [0.5, 0.6) is 5.75 Å². The van der Waals surface area contributed by atoms with Crippen LogP contribution in [0.2, 0.25) is 0 Å². The number of hydrogen-bond donors (Lipinski definition) is 1. The van der Waals surface area contributed by atoms with E-state index in [1.165, 1.54) is 30.2 Å². The summed E-state index contributed by atoms with van der Waals surface area (Å²) in [7, 11) is 1.33. The van der Waals surface area contributed by atoms with Crippen molar-refractivity contribution in [2.45, 2.75) is 37.6 Å². The molecule has 1 aromatic carbocycles. The van der Waals surface area contributed by atoms with Crippen molar-refractivity contribution in [3.05, 3.63) is 29.3 Å². The third kappa shape index (κ3) is 5.70. The van der Waals surface area contributed by atoms with Crippen molar-refractivity contribution in [1.29, 1.82) is 0 Å². The molecule has 2 rings (SSSR count). The molecule has 0 unspecified atom stereocenters. The zero-order valence-corrected chi connectivity index (χ0v) is 16.7. The fourth-order valence-corrected chi connectivity index (χ4v) is 3.58. The maximum absolute atomic E-state index is 12.5. The van der Waals surface area contributed by atoms with Crippen LogP contribution < -0.4 is 10.1 Å². The lowest BCUT2D eigenvalue weighted by molar-refractivity contribution is -0.137. The Morgan fingerprint density at radius 2 is 2.08 bits per heavy atom. The lowest BCUT2D eigenvalue weighted by atomic mass is 10.1. The predicted molar refractivity (Wildman–Crippen MR) is 102 cm³/mol. The number of esters is 1. The molecule has 26 heavy (non-hydrogen) atoms. The minimum absolute atomic E-state index is 0.145. The third-order valence-electron chi connectivity index (χ3n) is 3.45. The van der Waals surface area contributed by atoms with Gasteiger partial charge in [0, 0.05) is 0 Å². The molecule has 9 heteroatoms. The first-order valence-corrected chi connectivity index (χ1v) is 9.81. The Labute approximate surface area is 160 Å². The van der Waals surface area contributed by atoms with E-state index in [1.54, 1.807) is 0 Å². The summed E-state index contributed by atoms with van der Waals surface area (Å²) in [5.74, 6) is 0.211. The largest absolute Gasteiger partial charge is 0.480 e. The van der Waals surface area contributed by atoms with Crippen LogP contribution in [0.4, 0.5) is 5.13 Å². The zero-order chi connectivity index (χ0) is 19.1. The van der Waals surface area contributed by atoms with Crippen molar-refractivity contribution in [1.82, 2.24) is 10.2 Å². The summed E-state index contributed by atoms with van der Waals surface area (Å²) in [6, 6.07) is 5.88. The minimum Gasteiger partial charge on any atom is -0.480 e. The SMILES string of the molecule is CC[C@@H](Oc1cc(C)ccc1C)C(=O)Nc1nnc(SCC(=O)OC)s1. The van der Waals surface area contributed by atoms with Crippen LogP contribution in [0.1, 0.15) is 24.5 Å². The molecule has 1 aromatic heterocycles. The van der Waals surface area contributed by atoms with Gasteiger partial charge in [0.05, 0.1) is 12.9 Å². The van der Waals surface area contributed by atoms with Gasteiger partial charge in [0.25, 0.3) is 5.91 Å². The quantitative estimate of drug-likeness (QED) is 0.417. The fraction of sp³-hybridized carbons (Fsp3) is 0.412. The van der Waals surface area contributed by atoms with Crippen LogP contribution in [0.15, 0.2) is 22.5 Å². The summed E-state index contributed by atoms with van der Waals surface area (Å²) in [6.07, 6.45) is -0.118. The summed E-state index contributed by atoms with van der Waals surface area (Å²) < 4.78 is 11.0. The number of hydrogen-bond acceptors (Lipinski definition) is 8. The summed E-state index contributed by atoms with van der Waals surface area (Å²) in [5, 5.41) is 10.9. The number of carbonyl (C=O) groups excluding carboxylic acids is 2. The highest BCUT2D eigenvalue weighted by atomic mass is 32.2. The zero-order valence-electron chi connectivity index (χ0n) is 15.1. The van der Waals surface area contributed by atoms with Crippen LogP contribution in [-0.4, -0.2) is 41.0 Å². The number of aryl methyl sites for hydroxylation is 2. The normalized spacial score (nSPS) is 11.7. The molecule has 2 aromatic rings. The molecule has 7 nitrogen and oxygen atoms in total. The summed E-state index contributed by atoms with van der Waals surface area (Å²) in [6.45, 7) is 5.80. The van der Waals surface area contributed by atoms with E-state index < -0.39 is 6.10 Å². The molecule has 1 amide bonds. The maximum Gasteiger partial charge on any atom is 0.316 e. The Hall–Kier alpha value is -2.13. The van der Waals surface area contributed by atoms with E-state index in [0.717, 1.165) is 11.1 Å². The second kappa shape index (κ2) is 9.54. The number of anilines is 1. The van der Waals surface area contributed by atoms with Crippen molar-refractivity contribution in [2.24, 2.45) is 0 Å². The average Bonchev–Trinajstić information content (AvgIpc) is 3.07. The Bertz CT molecular complexity index is 779. The Balaban J connectivity index is 1.97. The van der Waals surface area contributed by atoms with Crippen LogP contribution in [-0.2, 0) is 14.3 Å². The fourth-order valence-electron chi connectivity index (χ4n) is 1.99. The first-order chi connectivity index (χ1) is 12.4. The summed E-state index contributed by atoms with van der Waals surface area (Å²) in [5.41, 5.74) is 2.04. The van der Waals surface area contributed by atoms with E-state index in [0.29, 0.717) is 21.6 Å². The first-order valence-electron chi connectivity index (χ1n) is 8.00. The van der Waals surface area contributed by atoms with E-state index in [1.807, 2.05) is 39.0 Å². The number of aromatic nitrogens is 2. The molecule has 0 spiro atoms. The standard InChI is InChI=1S/C17H21N3O4S2/c1-5-12(24-13-8-10(2)6-7-11(13)3)15(22)18-16-19-20-17(26-16)25-9-14(21)23-4/h6-8,12H,5,9H2,1-4H3,(H,18,19,22)/t12-/m1/s1. The van der Waals surface area contributed by atoms with Crippen molar-refractivity contribution in [2.75, 3.05) is 18.2 Å². The van der Waals surface area contributed by atoms with Gasteiger partial charge in [0.2, 0.25) is 5.13 Å². The molecule has 0 bridgehead atoms. The van der Waals surface area contributed by atoms with Crippen molar-refractivity contribution in [3.63, 3.8) is 0 Å². The van der Waals surface area contributed by atoms with Crippen molar-refractivity contribution in [3.8, 4) is 5.75 Å². The van der Waals surface area contributed by atoms with Crippen LogP contribution >= 0.6 is 23.1 Å². The molecular formula is C17H21N3O4S2. The number of ether oxygens (including phenoxy) is 2. The molecule has 1 heterocycles. The van der Waals surface area contributed by atoms with Gasteiger partial charge in [-0.1, -0.05) is 42.2 Å². The lowest BCUT2D eigenvalue weighted by Gasteiger charge is -2.18. The molecule has 0 saturated heterocycles. The predicted octanol–water partition coefficient (Wildman–Crippen LogP) is 3.22. The third-order valence-corrected chi connectivity index (χ3v) is 5.40. The van der Waals surface area contributed by atoms with Gasteiger partial charge in [0.1, 0.15) is 5.75 Å². The molecule has 0 aliphatic rings. The summed E-state index contributed by atoms with van der Waals surface area (Å²) >= 11 is 2.41. The van der Waals surface area contributed by atoms with Gasteiger partial charge in [-0.2, -0.15) is 0 Å².